The normalized spacial score (nSPS) is 22.2. The van der Waals surface area contributed by atoms with Crippen LogP contribution in [0.3, 0.4) is 0 Å². The number of hydrogen-bond donors (Lipinski definition) is 0. The average molecular weight is 390 g/mol. The smallest absolute Gasteiger partial charge is 0.338 e. The Balaban J connectivity index is 2.06. The van der Waals surface area contributed by atoms with Crippen LogP contribution in [-0.2, 0) is 14.3 Å². The predicted octanol–water partition coefficient (Wildman–Crippen LogP) is 4.06. The number of thioether (sulfide) groups is 1. The molecule has 1 fully saturated rings. The van der Waals surface area contributed by atoms with Gasteiger partial charge in [0.15, 0.2) is 5.17 Å². The summed E-state index contributed by atoms with van der Waals surface area (Å²) >= 11 is 1.41. The van der Waals surface area contributed by atoms with Crippen molar-refractivity contribution in [3.8, 4) is 0 Å². The molecular weight excluding hydrogens is 367 g/mol. The Kier molecular flexibility index (Phi) is 5.69. The summed E-state index contributed by atoms with van der Waals surface area (Å²) < 4.78 is 18.9. The van der Waals surface area contributed by atoms with Gasteiger partial charge in [-0.2, -0.15) is 0 Å². The number of fused-ring (bicyclic) bond motifs is 1. The minimum atomic E-state index is -0.658. The first-order chi connectivity index (χ1) is 12.8. The molecule has 2 heterocycles. The lowest BCUT2D eigenvalue weighted by molar-refractivity contribution is -0.141. The summed E-state index contributed by atoms with van der Waals surface area (Å²) in [6.07, 6.45) is 0.668. The summed E-state index contributed by atoms with van der Waals surface area (Å²) in [7, 11) is 0. The van der Waals surface area contributed by atoms with Crippen LogP contribution in [0.2, 0.25) is 0 Å². The Morgan fingerprint density at radius 2 is 2.00 bits per heavy atom. The van der Waals surface area contributed by atoms with Crippen molar-refractivity contribution in [2.24, 2.45) is 10.9 Å². The van der Waals surface area contributed by atoms with E-state index in [9.17, 15) is 14.0 Å². The van der Waals surface area contributed by atoms with Gasteiger partial charge in [-0.3, -0.25) is 9.69 Å². The summed E-state index contributed by atoms with van der Waals surface area (Å²) in [6, 6.07) is 5.21. The summed E-state index contributed by atoms with van der Waals surface area (Å²) in [6.45, 7) is 7.88. The third kappa shape index (κ3) is 3.78. The fourth-order valence-electron chi connectivity index (χ4n) is 3.13. The number of nitrogens with zero attached hydrogens (tertiary/aromatic N) is 2. The fourth-order valence-corrected chi connectivity index (χ4v) is 4.26. The van der Waals surface area contributed by atoms with Gasteiger partial charge in [-0.15, -0.1) is 0 Å². The van der Waals surface area contributed by atoms with E-state index in [-0.39, 0.29) is 29.5 Å². The highest BCUT2D eigenvalue weighted by molar-refractivity contribution is 8.15. The molecule has 0 aromatic heterocycles. The molecular formula is C20H23FN2O3S. The number of amidine groups is 1. The largest absolute Gasteiger partial charge is 0.462 e. The maximum Gasteiger partial charge on any atom is 0.338 e. The number of carbonyl (C=O) groups is 2. The van der Waals surface area contributed by atoms with Crippen LogP contribution < -0.4 is 0 Å². The van der Waals surface area contributed by atoms with Crippen LogP contribution in [-0.4, -0.2) is 33.8 Å². The lowest BCUT2D eigenvalue weighted by Gasteiger charge is -2.33. The molecule has 144 valence electrons. The summed E-state index contributed by atoms with van der Waals surface area (Å²) in [5.74, 6) is -0.759. The number of amides is 1. The van der Waals surface area contributed by atoms with E-state index in [4.69, 9.17) is 4.74 Å². The van der Waals surface area contributed by atoms with Crippen molar-refractivity contribution in [3.05, 3.63) is 46.9 Å². The van der Waals surface area contributed by atoms with Crippen molar-refractivity contribution < 1.29 is 18.7 Å². The zero-order chi connectivity index (χ0) is 19.7. The molecule has 0 saturated carbocycles. The van der Waals surface area contributed by atoms with Gasteiger partial charge in [0, 0.05) is 0 Å². The van der Waals surface area contributed by atoms with E-state index < -0.39 is 12.0 Å². The number of benzene rings is 1. The number of rotatable bonds is 5. The topological polar surface area (TPSA) is 59.0 Å². The van der Waals surface area contributed by atoms with E-state index in [0.29, 0.717) is 28.4 Å². The van der Waals surface area contributed by atoms with E-state index in [1.807, 2.05) is 20.8 Å². The SMILES string of the molecule is CC[C@H]1SC2=NC(C)=C(C(=O)OCC(C)C)[C@H](c3ccc(F)cc3)N2C1=O. The van der Waals surface area contributed by atoms with Gasteiger partial charge >= 0.3 is 5.97 Å². The van der Waals surface area contributed by atoms with Crippen LogP contribution in [0, 0.1) is 11.7 Å². The van der Waals surface area contributed by atoms with E-state index in [0.717, 1.165) is 0 Å². The molecule has 2 atom stereocenters. The minimum absolute atomic E-state index is 0.0859. The minimum Gasteiger partial charge on any atom is -0.462 e. The summed E-state index contributed by atoms with van der Waals surface area (Å²) in [4.78, 5) is 31.8. The highest BCUT2D eigenvalue weighted by atomic mass is 32.2. The molecule has 27 heavy (non-hydrogen) atoms. The summed E-state index contributed by atoms with van der Waals surface area (Å²) in [5.41, 5.74) is 1.52. The first-order valence-electron chi connectivity index (χ1n) is 9.05. The maximum atomic E-state index is 13.4. The van der Waals surface area contributed by atoms with Crippen molar-refractivity contribution in [1.29, 1.82) is 0 Å². The highest BCUT2D eigenvalue weighted by Gasteiger charge is 2.47. The van der Waals surface area contributed by atoms with Gasteiger partial charge in [-0.05, 0) is 37.0 Å². The Hall–Kier alpha value is -2.15. The number of allylic oxidation sites excluding steroid dienone is 1. The first-order valence-corrected chi connectivity index (χ1v) is 9.93. The number of hydrogen-bond acceptors (Lipinski definition) is 5. The van der Waals surface area contributed by atoms with Crippen molar-refractivity contribution in [2.75, 3.05) is 6.61 Å². The molecule has 2 aliphatic rings. The van der Waals surface area contributed by atoms with Crippen molar-refractivity contribution in [3.63, 3.8) is 0 Å². The van der Waals surface area contributed by atoms with Gasteiger partial charge in [-0.25, -0.2) is 14.2 Å². The second-order valence-electron chi connectivity index (χ2n) is 7.06. The number of halogens is 1. The number of aliphatic imine (C=N–C) groups is 1. The second kappa shape index (κ2) is 7.84. The molecule has 3 rings (SSSR count). The molecule has 0 unspecified atom stereocenters. The zero-order valence-electron chi connectivity index (χ0n) is 15.9. The molecule has 5 nitrogen and oxygen atoms in total. The van der Waals surface area contributed by atoms with Gasteiger partial charge in [0.25, 0.3) is 0 Å². The van der Waals surface area contributed by atoms with Crippen LogP contribution in [0.15, 0.2) is 40.5 Å². The van der Waals surface area contributed by atoms with E-state index in [1.54, 1.807) is 24.0 Å². The summed E-state index contributed by atoms with van der Waals surface area (Å²) in [5, 5.41) is 0.351. The predicted molar refractivity (Wildman–Crippen MR) is 104 cm³/mol. The Morgan fingerprint density at radius 3 is 2.59 bits per heavy atom. The quantitative estimate of drug-likeness (QED) is 0.712. The van der Waals surface area contributed by atoms with Crippen LogP contribution in [0.5, 0.6) is 0 Å². The van der Waals surface area contributed by atoms with Crippen LogP contribution in [0.4, 0.5) is 4.39 Å². The fraction of sp³-hybridized carbons (Fsp3) is 0.450. The molecule has 1 saturated heterocycles. The molecule has 7 heteroatoms. The number of esters is 1. The lowest BCUT2D eigenvalue weighted by atomic mass is 9.94. The van der Waals surface area contributed by atoms with Crippen molar-refractivity contribution in [1.82, 2.24) is 4.90 Å². The lowest BCUT2D eigenvalue weighted by Crippen LogP contribution is -2.41. The standard InChI is InChI=1S/C20H23FN2O3S/c1-5-15-18(24)23-17(13-6-8-14(21)9-7-13)16(12(4)22-20(23)27-15)19(25)26-10-11(2)3/h6-9,11,15,17H,5,10H2,1-4H3/t15-,17+/m1/s1. The molecule has 0 radical (unpaired) electrons. The Bertz CT molecular complexity index is 817. The van der Waals surface area contributed by atoms with Gasteiger partial charge in [0.1, 0.15) is 5.82 Å². The van der Waals surface area contributed by atoms with Crippen LogP contribution in [0.1, 0.15) is 45.7 Å². The second-order valence-corrected chi connectivity index (χ2v) is 8.23. The van der Waals surface area contributed by atoms with Crippen LogP contribution >= 0.6 is 11.8 Å². The van der Waals surface area contributed by atoms with Gasteiger partial charge < -0.3 is 4.74 Å². The zero-order valence-corrected chi connectivity index (χ0v) is 16.7. The third-order valence-electron chi connectivity index (χ3n) is 4.48. The molecule has 1 aromatic rings. The number of carbonyl (C=O) groups excluding carboxylic acids is 2. The Labute approximate surface area is 162 Å². The van der Waals surface area contributed by atoms with Gasteiger partial charge in [-0.1, -0.05) is 44.7 Å². The molecule has 1 aromatic carbocycles. The molecule has 0 bridgehead atoms. The van der Waals surface area contributed by atoms with Gasteiger partial charge in [0.2, 0.25) is 5.91 Å². The number of ether oxygens (including phenoxy) is 1. The molecule has 0 aliphatic carbocycles. The van der Waals surface area contributed by atoms with Crippen molar-refractivity contribution in [2.45, 2.75) is 45.4 Å². The molecule has 0 N–H and O–H groups in total. The molecule has 0 spiro atoms. The molecule has 1 amide bonds. The highest BCUT2D eigenvalue weighted by Crippen LogP contribution is 2.44. The van der Waals surface area contributed by atoms with E-state index >= 15 is 0 Å². The first kappa shape index (κ1) is 19.6. The maximum absolute atomic E-state index is 13.4. The monoisotopic (exact) mass is 390 g/mol. The average Bonchev–Trinajstić information content (AvgIpc) is 2.94. The van der Waals surface area contributed by atoms with E-state index in [2.05, 4.69) is 4.99 Å². The Morgan fingerprint density at radius 1 is 1.33 bits per heavy atom. The van der Waals surface area contributed by atoms with Crippen molar-refractivity contribution >= 4 is 28.8 Å². The van der Waals surface area contributed by atoms with E-state index in [1.165, 1.54) is 23.9 Å². The molecule has 2 aliphatic heterocycles. The van der Waals surface area contributed by atoms with Crippen LogP contribution in [0.25, 0.3) is 0 Å². The third-order valence-corrected chi connectivity index (χ3v) is 5.79. The van der Waals surface area contributed by atoms with Gasteiger partial charge in [0.05, 0.1) is 29.2 Å².